The van der Waals surface area contributed by atoms with Gasteiger partial charge in [-0.2, -0.15) is 0 Å². The van der Waals surface area contributed by atoms with Gasteiger partial charge in [-0.05, 0) is 31.4 Å². The Morgan fingerprint density at radius 2 is 1.89 bits per heavy atom. The van der Waals surface area contributed by atoms with Gasteiger partial charge in [0.05, 0.1) is 12.3 Å². The minimum atomic E-state index is -0.179. The predicted molar refractivity (Wildman–Crippen MR) is 78.8 cm³/mol. The SMILES string of the molecule is CCCOc1ccccc1NC(=O)NC(CC)CC. The maximum Gasteiger partial charge on any atom is 0.319 e. The second kappa shape index (κ2) is 8.40. The van der Waals surface area contributed by atoms with Crippen LogP contribution in [0.15, 0.2) is 24.3 Å². The van der Waals surface area contributed by atoms with Gasteiger partial charge in [0.25, 0.3) is 0 Å². The van der Waals surface area contributed by atoms with Gasteiger partial charge in [-0.15, -0.1) is 0 Å². The average molecular weight is 264 g/mol. The van der Waals surface area contributed by atoms with Crippen molar-refractivity contribution in [1.29, 1.82) is 0 Å². The molecule has 4 heteroatoms. The number of nitrogens with one attached hydrogen (secondary N) is 2. The van der Waals surface area contributed by atoms with Crippen LogP contribution in [0.3, 0.4) is 0 Å². The fourth-order valence-electron chi connectivity index (χ4n) is 1.74. The number of ether oxygens (including phenoxy) is 1. The van der Waals surface area contributed by atoms with Crippen LogP contribution < -0.4 is 15.4 Å². The first-order chi connectivity index (χ1) is 9.21. The third-order valence-corrected chi connectivity index (χ3v) is 2.92. The Morgan fingerprint density at radius 3 is 2.53 bits per heavy atom. The highest BCUT2D eigenvalue weighted by Crippen LogP contribution is 2.23. The van der Waals surface area contributed by atoms with Gasteiger partial charge in [0.2, 0.25) is 0 Å². The molecule has 0 aromatic heterocycles. The van der Waals surface area contributed by atoms with Crippen molar-refractivity contribution >= 4 is 11.7 Å². The van der Waals surface area contributed by atoms with E-state index in [9.17, 15) is 4.79 Å². The average Bonchev–Trinajstić information content (AvgIpc) is 2.43. The summed E-state index contributed by atoms with van der Waals surface area (Å²) in [5.74, 6) is 0.712. The van der Waals surface area contributed by atoms with Crippen molar-refractivity contribution in [2.24, 2.45) is 0 Å². The Labute approximate surface area is 115 Å². The van der Waals surface area contributed by atoms with Crippen molar-refractivity contribution in [3.63, 3.8) is 0 Å². The molecule has 0 radical (unpaired) electrons. The van der Waals surface area contributed by atoms with Crippen LogP contribution in [0.25, 0.3) is 0 Å². The van der Waals surface area contributed by atoms with Crippen LogP contribution in [-0.4, -0.2) is 18.7 Å². The molecule has 2 N–H and O–H groups in total. The lowest BCUT2D eigenvalue weighted by Gasteiger charge is -2.17. The van der Waals surface area contributed by atoms with Gasteiger partial charge in [-0.1, -0.05) is 32.9 Å². The van der Waals surface area contributed by atoms with E-state index in [1.807, 2.05) is 24.3 Å². The molecular weight excluding hydrogens is 240 g/mol. The zero-order valence-electron chi connectivity index (χ0n) is 12.0. The normalized spacial score (nSPS) is 10.3. The van der Waals surface area contributed by atoms with Crippen LogP contribution in [0.5, 0.6) is 5.75 Å². The highest BCUT2D eigenvalue weighted by atomic mass is 16.5. The number of anilines is 1. The second-order valence-electron chi connectivity index (χ2n) is 4.46. The van der Waals surface area contributed by atoms with Gasteiger partial charge in [-0.3, -0.25) is 0 Å². The van der Waals surface area contributed by atoms with Gasteiger partial charge >= 0.3 is 6.03 Å². The zero-order valence-corrected chi connectivity index (χ0v) is 12.0. The summed E-state index contributed by atoms with van der Waals surface area (Å²) >= 11 is 0. The van der Waals surface area contributed by atoms with E-state index in [0.29, 0.717) is 18.0 Å². The van der Waals surface area contributed by atoms with E-state index in [2.05, 4.69) is 31.4 Å². The van der Waals surface area contributed by atoms with Crippen molar-refractivity contribution in [2.75, 3.05) is 11.9 Å². The summed E-state index contributed by atoms with van der Waals surface area (Å²) in [5.41, 5.74) is 0.708. The largest absolute Gasteiger partial charge is 0.491 e. The molecule has 0 bridgehead atoms. The Morgan fingerprint density at radius 1 is 1.21 bits per heavy atom. The molecule has 106 valence electrons. The molecule has 0 saturated carbocycles. The monoisotopic (exact) mass is 264 g/mol. The van der Waals surface area contributed by atoms with E-state index in [4.69, 9.17) is 4.74 Å². The lowest BCUT2D eigenvalue weighted by molar-refractivity contribution is 0.247. The van der Waals surface area contributed by atoms with Gasteiger partial charge in [0.1, 0.15) is 5.75 Å². The van der Waals surface area contributed by atoms with E-state index in [1.54, 1.807) is 0 Å². The first kappa shape index (κ1) is 15.3. The third-order valence-electron chi connectivity index (χ3n) is 2.92. The number of rotatable bonds is 7. The number of hydrogen-bond acceptors (Lipinski definition) is 2. The Hall–Kier alpha value is -1.71. The van der Waals surface area contributed by atoms with E-state index in [-0.39, 0.29) is 12.1 Å². The van der Waals surface area contributed by atoms with Crippen LogP contribution in [0.2, 0.25) is 0 Å². The summed E-state index contributed by atoms with van der Waals surface area (Å²) < 4.78 is 5.60. The molecule has 2 amide bonds. The quantitative estimate of drug-likeness (QED) is 0.787. The number of carbonyl (C=O) groups is 1. The van der Waals surface area contributed by atoms with Crippen molar-refractivity contribution in [1.82, 2.24) is 5.32 Å². The molecule has 0 spiro atoms. The van der Waals surface area contributed by atoms with Crippen LogP contribution >= 0.6 is 0 Å². The van der Waals surface area contributed by atoms with Crippen LogP contribution in [0.4, 0.5) is 10.5 Å². The van der Waals surface area contributed by atoms with Crippen LogP contribution in [-0.2, 0) is 0 Å². The summed E-state index contributed by atoms with van der Waals surface area (Å²) in [4.78, 5) is 11.9. The molecule has 0 atom stereocenters. The lowest BCUT2D eigenvalue weighted by Crippen LogP contribution is -2.37. The first-order valence-electron chi connectivity index (χ1n) is 7.00. The number of para-hydroxylation sites is 2. The van der Waals surface area contributed by atoms with Crippen molar-refractivity contribution in [3.8, 4) is 5.75 Å². The number of carbonyl (C=O) groups excluding carboxylic acids is 1. The summed E-state index contributed by atoms with van der Waals surface area (Å²) in [6, 6.07) is 7.52. The number of urea groups is 1. The number of benzene rings is 1. The van der Waals surface area contributed by atoms with E-state index in [1.165, 1.54) is 0 Å². The Kier molecular flexibility index (Phi) is 6.79. The van der Waals surface area contributed by atoms with E-state index < -0.39 is 0 Å². The zero-order chi connectivity index (χ0) is 14.1. The molecule has 1 rings (SSSR count). The molecule has 0 saturated heterocycles. The molecule has 0 aliphatic rings. The molecular formula is C15H24N2O2. The minimum absolute atomic E-state index is 0.179. The van der Waals surface area contributed by atoms with Gasteiger partial charge in [-0.25, -0.2) is 4.79 Å². The fourth-order valence-corrected chi connectivity index (χ4v) is 1.74. The molecule has 0 heterocycles. The molecule has 0 aliphatic heterocycles. The van der Waals surface area contributed by atoms with E-state index >= 15 is 0 Å². The molecule has 1 aromatic carbocycles. The summed E-state index contributed by atoms with van der Waals surface area (Å²) in [7, 11) is 0. The highest BCUT2D eigenvalue weighted by Gasteiger charge is 2.10. The molecule has 0 aliphatic carbocycles. The highest BCUT2D eigenvalue weighted by molar-refractivity contribution is 5.91. The lowest BCUT2D eigenvalue weighted by atomic mass is 10.2. The van der Waals surface area contributed by atoms with Gasteiger partial charge in [0.15, 0.2) is 0 Å². The maximum atomic E-state index is 11.9. The number of hydrogen-bond donors (Lipinski definition) is 2. The maximum absolute atomic E-state index is 11.9. The van der Waals surface area contributed by atoms with Crippen LogP contribution in [0.1, 0.15) is 40.0 Å². The van der Waals surface area contributed by atoms with Gasteiger partial charge < -0.3 is 15.4 Å². The molecule has 1 aromatic rings. The first-order valence-corrected chi connectivity index (χ1v) is 7.00. The molecule has 4 nitrogen and oxygen atoms in total. The third kappa shape index (κ3) is 5.20. The Balaban J connectivity index is 2.62. The van der Waals surface area contributed by atoms with Crippen molar-refractivity contribution in [3.05, 3.63) is 24.3 Å². The standard InChI is InChI=1S/C15H24N2O2/c1-4-11-19-14-10-8-7-9-13(14)17-15(18)16-12(5-2)6-3/h7-10,12H,4-6,11H2,1-3H3,(H2,16,17,18). The summed E-state index contributed by atoms with van der Waals surface area (Å²) in [5, 5.41) is 5.79. The van der Waals surface area contributed by atoms with E-state index in [0.717, 1.165) is 19.3 Å². The predicted octanol–water partition coefficient (Wildman–Crippen LogP) is 3.79. The topological polar surface area (TPSA) is 50.4 Å². The van der Waals surface area contributed by atoms with Crippen molar-refractivity contribution < 1.29 is 9.53 Å². The Bertz CT molecular complexity index is 389. The van der Waals surface area contributed by atoms with Gasteiger partial charge in [0, 0.05) is 6.04 Å². The number of amides is 2. The summed E-state index contributed by atoms with van der Waals surface area (Å²) in [6.45, 7) is 6.82. The molecule has 19 heavy (non-hydrogen) atoms. The molecule has 0 fully saturated rings. The van der Waals surface area contributed by atoms with Crippen LogP contribution in [0, 0.1) is 0 Å². The smallest absolute Gasteiger partial charge is 0.319 e. The fraction of sp³-hybridized carbons (Fsp3) is 0.533. The van der Waals surface area contributed by atoms with Crippen molar-refractivity contribution in [2.45, 2.75) is 46.1 Å². The second-order valence-corrected chi connectivity index (χ2v) is 4.46. The minimum Gasteiger partial charge on any atom is -0.491 e. The summed E-state index contributed by atoms with van der Waals surface area (Å²) in [6.07, 6.45) is 2.80. The molecule has 0 unspecified atom stereocenters.